The number of aryl methyl sites for hydroxylation is 1. The fraction of sp³-hybridized carbons (Fsp3) is 0.167. The van der Waals surface area contributed by atoms with Crippen molar-refractivity contribution in [2.45, 2.75) is 44.3 Å². The van der Waals surface area contributed by atoms with Crippen molar-refractivity contribution >= 4 is 50.1 Å². The Morgan fingerprint density at radius 1 is 0.636 bits per heavy atom. The summed E-state index contributed by atoms with van der Waals surface area (Å²) in [6.45, 7) is 1.61. The normalized spacial score (nSPS) is 12.8. The highest BCUT2D eigenvalue weighted by Crippen LogP contribution is 2.57. The van der Waals surface area contributed by atoms with Crippen molar-refractivity contribution in [2.75, 3.05) is 7.11 Å². The van der Waals surface area contributed by atoms with E-state index in [1.54, 1.807) is 6.92 Å². The van der Waals surface area contributed by atoms with Gasteiger partial charge < -0.3 is 9.47 Å². The Hall–Kier alpha value is -3.99. The van der Waals surface area contributed by atoms with Gasteiger partial charge in [-0.05, 0) is 72.1 Å². The van der Waals surface area contributed by atoms with Gasteiger partial charge in [-0.15, -0.1) is 8.67 Å². The summed E-state index contributed by atoms with van der Waals surface area (Å²) in [6, 6.07) is 8.06. The number of carbonyl (C=O) groups is 1. The number of hydrogen-bond acceptors (Lipinski definition) is 15. The smallest absolute Gasteiger partial charge is 0.411 e. The van der Waals surface area contributed by atoms with Crippen molar-refractivity contribution in [1.29, 1.82) is 0 Å². The van der Waals surface area contributed by atoms with Gasteiger partial charge in [-0.3, -0.25) is 13.9 Å². The van der Waals surface area contributed by atoms with Crippen molar-refractivity contribution in [1.82, 2.24) is 0 Å². The molecule has 0 aliphatic heterocycles. The molecule has 0 spiro atoms. The minimum Gasteiger partial charge on any atom is -0.495 e. The second-order valence-electron chi connectivity index (χ2n) is 10.7. The summed E-state index contributed by atoms with van der Waals surface area (Å²) in [7, 11) is -9.94. The van der Waals surface area contributed by atoms with Gasteiger partial charge in [0.2, 0.25) is 5.41 Å². The Labute approximate surface area is 314 Å². The van der Waals surface area contributed by atoms with Gasteiger partial charge >= 0.3 is 12.4 Å². The third-order valence-electron chi connectivity index (χ3n) is 7.56. The third kappa shape index (κ3) is 9.19. The Bertz CT molecular complexity index is 2290. The van der Waals surface area contributed by atoms with Gasteiger partial charge in [0.25, 0.3) is 20.2 Å². The van der Waals surface area contributed by atoms with Crippen LogP contribution in [0.2, 0.25) is 0 Å². The summed E-state index contributed by atoms with van der Waals surface area (Å²) in [4.78, 5) is 10.2. The Morgan fingerprint density at radius 3 is 1.64 bits per heavy atom. The molecule has 0 aromatic heterocycles. The van der Waals surface area contributed by atoms with E-state index < -0.39 is 86.8 Å². The second kappa shape index (κ2) is 16.6. The molecular formula is C30H22F6O15S4. The Kier molecular flexibility index (Phi) is 13.2. The summed E-state index contributed by atoms with van der Waals surface area (Å²) >= 11 is 0.280. The first-order valence-electron chi connectivity index (χ1n) is 14.2. The Balaban J connectivity index is 1.90. The lowest BCUT2D eigenvalue weighted by Gasteiger charge is -2.38. The fourth-order valence-corrected chi connectivity index (χ4v) is 7.41. The van der Waals surface area contributed by atoms with Crippen LogP contribution < -0.4 is 9.47 Å². The van der Waals surface area contributed by atoms with Gasteiger partial charge in [0.15, 0.2) is 5.78 Å². The van der Waals surface area contributed by atoms with Crippen molar-refractivity contribution in [2.24, 2.45) is 0 Å². The van der Waals surface area contributed by atoms with Gasteiger partial charge in [-0.1, -0.05) is 34.3 Å². The number of methoxy groups -OCH3 is 1. The molecule has 15 nitrogen and oxygen atoms in total. The van der Waals surface area contributed by atoms with E-state index in [9.17, 15) is 57.1 Å². The molecule has 0 aliphatic rings. The van der Waals surface area contributed by atoms with Crippen LogP contribution >= 0.6 is 24.1 Å². The Morgan fingerprint density at radius 2 is 1.11 bits per heavy atom. The molecule has 4 N–H and O–H groups in total. The van der Waals surface area contributed by atoms with E-state index in [4.69, 9.17) is 15.3 Å². The molecule has 0 aliphatic carbocycles. The summed E-state index contributed by atoms with van der Waals surface area (Å²) in [5, 5.41) is 24.1. The average molecular weight is 865 g/mol. The van der Waals surface area contributed by atoms with Gasteiger partial charge in [-0.25, -0.2) is 10.5 Å². The number of hydrogen-bond donors (Lipinski definition) is 4. The van der Waals surface area contributed by atoms with E-state index in [1.165, 1.54) is 18.2 Å². The van der Waals surface area contributed by atoms with Crippen molar-refractivity contribution < 1.29 is 95.8 Å². The van der Waals surface area contributed by atoms with E-state index in [-0.39, 0.29) is 52.3 Å². The maximum absolute atomic E-state index is 14.9. The van der Waals surface area contributed by atoms with E-state index >= 15 is 0 Å². The number of benzene rings is 4. The van der Waals surface area contributed by atoms with Gasteiger partial charge in [-0.2, -0.15) is 43.2 Å². The number of carbonyl (C=O) groups excluding carboxylic acids is 1. The van der Waals surface area contributed by atoms with Gasteiger partial charge in [0.1, 0.15) is 27.0 Å². The predicted octanol–water partition coefficient (Wildman–Crippen LogP) is 7.79. The molecule has 4 aromatic carbocycles. The molecule has 4 rings (SSSR count). The standard InChI is InChI=1S/C30H22F6O15S4/c1-15-3-4-16(11-23(15)52-50-48-38)27(37)17-5-8-22(25(12-17)54(40,41)42)47-20-9-6-18(13-24(20)53-51-49-39)28(29(31,32)33,30(34,35)36)19-7-10-21(46-2)26(14-19)55(43,44)45/h3-14,38-39H,1-2H3,(H,40,41,42)(H,43,44,45). The summed E-state index contributed by atoms with van der Waals surface area (Å²) in [6.07, 6.45) is -12.6. The van der Waals surface area contributed by atoms with Crippen molar-refractivity contribution in [3.63, 3.8) is 0 Å². The molecule has 298 valence electrons. The van der Waals surface area contributed by atoms with Crippen LogP contribution in [0.5, 0.6) is 17.2 Å². The zero-order chi connectivity index (χ0) is 41.1. The molecule has 4 aromatic rings. The molecule has 0 unspecified atom stereocenters. The second-order valence-corrected chi connectivity index (χ2v) is 15.0. The first kappa shape index (κ1) is 43.7. The minimum atomic E-state index is -6.31. The lowest BCUT2D eigenvalue weighted by molar-refractivity contribution is -0.432. The molecule has 0 atom stereocenters. The van der Waals surface area contributed by atoms with Crippen molar-refractivity contribution in [3.8, 4) is 17.2 Å². The molecule has 0 heterocycles. The molecule has 0 radical (unpaired) electrons. The van der Waals surface area contributed by atoms with E-state index in [0.717, 1.165) is 19.2 Å². The van der Waals surface area contributed by atoms with Gasteiger partial charge in [0.05, 0.1) is 36.1 Å². The third-order valence-corrected chi connectivity index (χ3v) is 10.7. The van der Waals surface area contributed by atoms with E-state index in [0.29, 0.717) is 35.8 Å². The van der Waals surface area contributed by atoms with Crippen LogP contribution in [0.15, 0.2) is 92.4 Å². The molecule has 55 heavy (non-hydrogen) atoms. The minimum absolute atomic E-state index is 0.0570. The molecule has 0 saturated carbocycles. The largest absolute Gasteiger partial charge is 0.495 e. The topological polar surface area (TPSA) is 222 Å². The first-order valence-corrected chi connectivity index (χ1v) is 18.6. The highest BCUT2D eigenvalue weighted by Gasteiger charge is 2.72. The SMILES string of the molecule is COc1ccc(C(c2ccc(Oc3ccc(C(=O)c4ccc(C)c(SOOO)c4)cc3S(=O)(=O)O)c(SOOO)c2)(C(F)(F)F)C(F)(F)F)cc1S(=O)(=O)O. The maximum atomic E-state index is 14.9. The van der Waals surface area contributed by atoms with Gasteiger partial charge in [0, 0.05) is 16.0 Å². The molecule has 0 bridgehead atoms. The van der Waals surface area contributed by atoms with Crippen LogP contribution in [0.1, 0.15) is 32.6 Å². The lowest BCUT2D eigenvalue weighted by atomic mass is 9.73. The van der Waals surface area contributed by atoms with Crippen LogP contribution in [0.25, 0.3) is 0 Å². The summed E-state index contributed by atoms with van der Waals surface area (Å²) in [5.41, 5.74) is -8.35. The number of halogens is 6. The first-order chi connectivity index (χ1) is 25.5. The number of ketones is 1. The maximum Gasteiger partial charge on any atom is 0.411 e. The monoisotopic (exact) mass is 864 g/mol. The van der Waals surface area contributed by atoms with E-state index in [1.807, 2.05) is 0 Å². The molecule has 0 amide bonds. The quantitative estimate of drug-likeness (QED) is 0.0224. The highest BCUT2D eigenvalue weighted by atomic mass is 32.2. The van der Waals surface area contributed by atoms with Crippen LogP contribution in [-0.4, -0.2) is 61.7 Å². The number of ether oxygens (including phenoxy) is 2. The lowest BCUT2D eigenvalue weighted by Crippen LogP contribution is -2.54. The number of alkyl halides is 6. The van der Waals surface area contributed by atoms with E-state index in [2.05, 4.69) is 23.5 Å². The molecule has 25 heteroatoms. The number of rotatable bonds is 15. The zero-order valence-corrected chi connectivity index (χ0v) is 30.4. The van der Waals surface area contributed by atoms with Crippen molar-refractivity contribution in [3.05, 3.63) is 101 Å². The molecule has 0 fully saturated rings. The van der Waals surface area contributed by atoms with Crippen LogP contribution in [0.3, 0.4) is 0 Å². The summed E-state index contributed by atoms with van der Waals surface area (Å²) in [5.74, 6) is -3.22. The molecule has 0 saturated heterocycles. The molecular weight excluding hydrogens is 843 g/mol. The predicted molar refractivity (Wildman–Crippen MR) is 174 cm³/mol. The average Bonchev–Trinajstić information content (AvgIpc) is 3.09. The zero-order valence-electron chi connectivity index (χ0n) is 27.1. The summed E-state index contributed by atoms with van der Waals surface area (Å²) < 4.78 is 177. The van der Waals surface area contributed by atoms with Crippen LogP contribution in [0, 0.1) is 6.92 Å². The van der Waals surface area contributed by atoms with Crippen LogP contribution in [-0.2, 0) is 44.4 Å². The highest BCUT2D eigenvalue weighted by molar-refractivity contribution is 7.94. The fourth-order valence-electron chi connectivity index (χ4n) is 5.14. The van der Waals surface area contributed by atoms with Crippen LogP contribution in [0.4, 0.5) is 26.3 Å².